The van der Waals surface area contributed by atoms with Crippen molar-refractivity contribution in [3.8, 4) is 0 Å². The summed E-state index contributed by atoms with van der Waals surface area (Å²) in [4.78, 5) is 38.0. The topological polar surface area (TPSA) is 116 Å². The molecule has 3 aliphatic carbocycles. The lowest BCUT2D eigenvalue weighted by Gasteiger charge is -2.59. The van der Waals surface area contributed by atoms with Crippen molar-refractivity contribution in [3.63, 3.8) is 0 Å². The second-order valence-corrected chi connectivity index (χ2v) is 12.1. The normalized spacial score (nSPS) is 43.6. The quantitative estimate of drug-likeness (QED) is 0.360. The van der Waals surface area contributed by atoms with E-state index < -0.39 is 57.8 Å². The third-order valence-corrected chi connectivity index (χ3v) is 10.2. The number of allylic oxidation sites excluding steroid dienone is 2. The first kappa shape index (κ1) is 25.9. The van der Waals surface area contributed by atoms with Crippen molar-refractivity contribution < 1.29 is 38.1 Å². The molecule has 1 spiro atoms. The van der Waals surface area contributed by atoms with Crippen LogP contribution in [-0.2, 0) is 28.6 Å². The molecular formula is C29H36O8. The SMILES string of the molecule is C=C1[C@@H]([C@@]2(C)C=CC(=O)C(C)(C)[C@@H]2CC(=O)OC)[C@@H](OC(C)=O)[C@H](O)[C@@]2(C)[C@H](c3ccoc3)C[C@H]3O[C@]132. The fourth-order valence-corrected chi connectivity index (χ4v) is 8.19. The van der Waals surface area contributed by atoms with Crippen LogP contribution < -0.4 is 0 Å². The molecule has 1 aliphatic heterocycles. The van der Waals surface area contributed by atoms with Crippen molar-refractivity contribution in [3.05, 3.63) is 48.5 Å². The third kappa shape index (κ3) is 3.24. The first-order valence-corrected chi connectivity index (χ1v) is 12.8. The summed E-state index contributed by atoms with van der Waals surface area (Å²) in [6.07, 6.45) is 5.03. The van der Waals surface area contributed by atoms with Crippen LogP contribution >= 0.6 is 0 Å². The molecule has 37 heavy (non-hydrogen) atoms. The molecule has 5 rings (SSSR count). The Balaban J connectivity index is 1.67. The van der Waals surface area contributed by atoms with Gasteiger partial charge in [0.15, 0.2) is 5.78 Å². The second kappa shape index (κ2) is 8.14. The van der Waals surface area contributed by atoms with Crippen LogP contribution in [-0.4, -0.2) is 53.9 Å². The van der Waals surface area contributed by atoms with E-state index in [9.17, 15) is 19.5 Å². The van der Waals surface area contributed by atoms with Gasteiger partial charge in [-0.25, -0.2) is 0 Å². The van der Waals surface area contributed by atoms with Gasteiger partial charge in [0.25, 0.3) is 0 Å². The molecule has 1 aromatic heterocycles. The predicted molar refractivity (Wildman–Crippen MR) is 132 cm³/mol. The van der Waals surface area contributed by atoms with Gasteiger partial charge in [0.1, 0.15) is 17.8 Å². The lowest BCUT2D eigenvalue weighted by atomic mass is 9.46. The first-order valence-electron chi connectivity index (χ1n) is 12.8. The molecule has 1 aromatic rings. The number of aliphatic hydroxyl groups is 1. The summed E-state index contributed by atoms with van der Waals surface area (Å²) in [7, 11) is 1.32. The number of furan rings is 1. The standard InChI is InChI=1S/C29H36O8/c1-15-23(27(5)10-8-20(31)26(3,4)19(27)13-22(32)34-7)24(36-16(2)30)25(33)28(6)18(17-9-11-35-14-17)12-21-29(15,28)37-21/h8-11,14,18-19,21,23-25,33H,1,12-13H2,2-7H3/t18-,19-,21+,23+,24+,25-,27-,28+,29+/m0/s1. The molecule has 3 fully saturated rings. The van der Waals surface area contributed by atoms with E-state index in [0.29, 0.717) is 6.42 Å². The van der Waals surface area contributed by atoms with Crippen LogP contribution in [0.4, 0.5) is 0 Å². The van der Waals surface area contributed by atoms with Crippen molar-refractivity contribution in [2.75, 3.05) is 7.11 Å². The van der Waals surface area contributed by atoms with Gasteiger partial charge in [0.05, 0.1) is 32.2 Å². The molecule has 0 aromatic carbocycles. The molecule has 1 N–H and O–H groups in total. The maximum atomic E-state index is 13.0. The van der Waals surface area contributed by atoms with Crippen LogP contribution in [0.1, 0.15) is 58.9 Å². The summed E-state index contributed by atoms with van der Waals surface area (Å²) < 4.78 is 22.7. The van der Waals surface area contributed by atoms with Crippen LogP contribution in [0.5, 0.6) is 0 Å². The van der Waals surface area contributed by atoms with Crippen molar-refractivity contribution in [2.24, 2.45) is 28.1 Å². The number of ketones is 1. The number of hydrogen-bond acceptors (Lipinski definition) is 8. The summed E-state index contributed by atoms with van der Waals surface area (Å²) in [6.45, 7) is 13.4. The molecule has 8 heteroatoms. The number of carbonyl (C=O) groups excluding carboxylic acids is 3. The summed E-state index contributed by atoms with van der Waals surface area (Å²) in [5, 5.41) is 12.1. The van der Waals surface area contributed by atoms with Crippen LogP contribution in [0.2, 0.25) is 0 Å². The number of carbonyl (C=O) groups is 3. The maximum absolute atomic E-state index is 13.0. The monoisotopic (exact) mass is 512 g/mol. The van der Waals surface area contributed by atoms with Gasteiger partial charge in [-0.05, 0) is 35.6 Å². The van der Waals surface area contributed by atoms with Gasteiger partial charge < -0.3 is 23.7 Å². The van der Waals surface area contributed by atoms with Crippen molar-refractivity contribution in [1.29, 1.82) is 0 Å². The Morgan fingerprint density at radius 2 is 1.95 bits per heavy atom. The Hall–Kier alpha value is -2.71. The van der Waals surface area contributed by atoms with Gasteiger partial charge in [-0.3, -0.25) is 14.4 Å². The number of rotatable bonds is 5. The van der Waals surface area contributed by atoms with E-state index in [1.54, 1.807) is 18.6 Å². The molecule has 2 saturated carbocycles. The third-order valence-electron chi connectivity index (χ3n) is 10.2. The minimum Gasteiger partial charge on any atom is -0.472 e. The highest BCUT2D eigenvalue weighted by Crippen LogP contribution is 2.76. The molecule has 9 atom stereocenters. The van der Waals surface area contributed by atoms with Crippen LogP contribution in [0.3, 0.4) is 0 Å². The largest absolute Gasteiger partial charge is 0.472 e. The highest BCUT2D eigenvalue weighted by atomic mass is 16.6. The minimum atomic E-state index is -1.11. The predicted octanol–water partition coefficient (Wildman–Crippen LogP) is 3.74. The second-order valence-electron chi connectivity index (χ2n) is 12.1. The van der Waals surface area contributed by atoms with E-state index in [2.05, 4.69) is 6.58 Å². The van der Waals surface area contributed by atoms with E-state index in [0.717, 1.165) is 11.1 Å². The first-order chi connectivity index (χ1) is 17.3. The lowest BCUT2D eigenvalue weighted by molar-refractivity contribution is -0.191. The van der Waals surface area contributed by atoms with Crippen molar-refractivity contribution in [2.45, 2.75) is 77.3 Å². The fourth-order valence-electron chi connectivity index (χ4n) is 8.19. The van der Waals surface area contributed by atoms with Gasteiger partial charge in [-0.15, -0.1) is 0 Å². The Morgan fingerprint density at radius 1 is 1.24 bits per heavy atom. The summed E-state index contributed by atoms with van der Waals surface area (Å²) >= 11 is 0. The number of ether oxygens (including phenoxy) is 3. The molecule has 2 heterocycles. The van der Waals surface area contributed by atoms with E-state index in [-0.39, 0.29) is 24.2 Å². The number of methoxy groups -OCH3 is 1. The number of epoxide rings is 1. The summed E-state index contributed by atoms with van der Waals surface area (Å²) in [6, 6.07) is 1.89. The summed E-state index contributed by atoms with van der Waals surface area (Å²) in [5.41, 5.74) is -1.81. The average molecular weight is 513 g/mol. The van der Waals surface area contributed by atoms with Crippen molar-refractivity contribution in [1.82, 2.24) is 0 Å². The Bertz CT molecular complexity index is 1180. The number of hydrogen-bond donors (Lipinski definition) is 1. The zero-order valence-electron chi connectivity index (χ0n) is 22.3. The Labute approximate surface area is 217 Å². The van der Waals surface area contributed by atoms with Gasteiger partial charge >= 0.3 is 11.9 Å². The highest BCUT2D eigenvalue weighted by molar-refractivity contribution is 5.96. The minimum absolute atomic E-state index is 0.0189. The molecule has 4 aliphatic rings. The van der Waals surface area contributed by atoms with E-state index >= 15 is 0 Å². The zero-order valence-corrected chi connectivity index (χ0v) is 22.3. The molecule has 200 valence electrons. The van der Waals surface area contributed by atoms with Crippen molar-refractivity contribution >= 4 is 17.7 Å². The fraction of sp³-hybridized carbons (Fsp3) is 0.621. The summed E-state index contributed by atoms with van der Waals surface area (Å²) in [5.74, 6) is -2.31. The van der Waals surface area contributed by atoms with E-state index in [1.807, 2.05) is 33.8 Å². The molecular weight excluding hydrogens is 476 g/mol. The van der Waals surface area contributed by atoms with E-state index in [4.69, 9.17) is 18.6 Å². The molecule has 0 unspecified atom stereocenters. The van der Waals surface area contributed by atoms with Gasteiger partial charge in [0, 0.05) is 35.0 Å². The van der Waals surface area contributed by atoms with Crippen LogP contribution in [0, 0.1) is 28.1 Å². The molecule has 1 saturated heterocycles. The van der Waals surface area contributed by atoms with Gasteiger partial charge in [0.2, 0.25) is 0 Å². The Kier molecular flexibility index (Phi) is 5.70. The zero-order chi connectivity index (χ0) is 27.1. The molecule has 0 radical (unpaired) electrons. The molecule has 0 bridgehead atoms. The van der Waals surface area contributed by atoms with Gasteiger partial charge in [-0.1, -0.05) is 40.3 Å². The lowest BCUT2D eigenvalue weighted by Crippen LogP contribution is -2.65. The molecule has 0 amide bonds. The Morgan fingerprint density at radius 3 is 2.54 bits per heavy atom. The maximum Gasteiger partial charge on any atom is 0.305 e. The highest BCUT2D eigenvalue weighted by Gasteiger charge is 2.83. The number of esters is 2. The van der Waals surface area contributed by atoms with Crippen LogP contribution in [0.15, 0.2) is 47.3 Å². The van der Waals surface area contributed by atoms with Crippen LogP contribution in [0.25, 0.3) is 0 Å². The average Bonchev–Trinajstić information content (AvgIpc) is 3.18. The van der Waals surface area contributed by atoms with Gasteiger partial charge in [-0.2, -0.15) is 0 Å². The molecule has 8 nitrogen and oxygen atoms in total. The van der Waals surface area contributed by atoms with E-state index in [1.165, 1.54) is 20.1 Å². The smallest absolute Gasteiger partial charge is 0.305 e. The number of aliphatic hydroxyl groups excluding tert-OH is 1.